The zero-order valence-electron chi connectivity index (χ0n) is 10.2. The number of thiophene rings is 1. The fourth-order valence-corrected chi connectivity index (χ4v) is 7.51. The van der Waals surface area contributed by atoms with Crippen molar-refractivity contribution in [3.63, 3.8) is 0 Å². The smallest absolute Gasteiger partial charge is 0.229 e. The molecule has 1 aromatic heterocycles. The lowest BCUT2D eigenvalue weighted by Crippen LogP contribution is -2.35. The van der Waals surface area contributed by atoms with E-state index in [2.05, 4.69) is 15.9 Å². The Morgan fingerprint density at radius 1 is 1.42 bits per heavy atom. The van der Waals surface area contributed by atoms with Gasteiger partial charge in [-0.3, -0.25) is 0 Å². The minimum absolute atomic E-state index is 0.0323. The van der Waals surface area contributed by atoms with Crippen LogP contribution in [0.3, 0.4) is 0 Å². The van der Waals surface area contributed by atoms with Gasteiger partial charge in [0.2, 0.25) is 0 Å². The lowest BCUT2D eigenvalue weighted by Gasteiger charge is -2.20. The molecule has 0 aromatic carbocycles. The molecule has 1 aromatic rings. The summed E-state index contributed by atoms with van der Waals surface area (Å²) in [7, 11) is -6.74. The van der Waals surface area contributed by atoms with Crippen molar-refractivity contribution in [2.45, 2.75) is 11.1 Å². The minimum atomic E-state index is -3.59. The van der Waals surface area contributed by atoms with Crippen molar-refractivity contribution < 1.29 is 16.8 Å². The molecular formula is C10H14BrNO4S3. The van der Waals surface area contributed by atoms with Crippen LogP contribution in [-0.4, -0.2) is 45.7 Å². The monoisotopic (exact) mass is 387 g/mol. The zero-order valence-corrected chi connectivity index (χ0v) is 14.3. The molecule has 5 nitrogen and oxygen atoms in total. The fourth-order valence-electron chi connectivity index (χ4n) is 2.03. The molecule has 1 atom stereocenters. The van der Waals surface area contributed by atoms with E-state index in [-0.39, 0.29) is 34.7 Å². The van der Waals surface area contributed by atoms with Crippen LogP contribution in [0.15, 0.2) is 20.1 Å². The second-order valence-corrected chi connectivity index (χ2v) is 11.5. The Morgan fingerprint density at radius 2 is 2.11 bits per heavy atom. The third kappa shape index (κ3) is 3.57. The van der Waals surface area contributed by atoms with Crippen LogP contribution in [0, 0.1) is 5.92 Å². The minimum Gasteiger partial charge on any atom is -0.229 e. The van der Waals surface area contributed by atoms with E-state index in [4.69, 9.17) is 0 Å². The maximum atomic E-state index is 12.4. The van der Waals surface area contributed by atoms with Gasteiger partial charge in [-0.05, 0) is 34.0 Å². The van der Waals surface area contributed by atoms with E-state index in [1.54, 1.807) is 13.0 Å². The van der Waals surface area contributed by atoms with Crippen molar-refractivity contribution in [3.05, 3.63) is 15.9 Å². The summed E-state index contributed by atoms with van der Waals surface area (Å²) in [6.45, 7) is 2.04. The predicted molar refractivity (Wildman–Crippen MR) is 78.6 cm³/mol. The predicted octanol–water partition coefficient (Wildman–Crippen LogP) is 1.57. The number of hydrogen-bond donors (Lipinski definition) is 0. The van der Waals surface area contributed by atoms with E-state index in [9.17, 15) is 16.8 Å². The topological polar surface area (TPSA) is 71.5 Å². The molecule has 1 unspecified atom stereocenters. The van der Waals surface area contributed by atoms with Crippen LogP contribution in [0.2, 0.25) is 0 Å². The van der Waals surface area contributed by atoms with Crippen molar-refractivity contribution in [3.8, 4) is 0 Å². The Bertz CT molecular complexity index is 665. The number of nitrogens with zero attached hydrogens (tertiary/aromatic N) is 1. The van der Waals surface area contributed by atoms with Crippen LogP contribution in [0.25, 0.3) is 0 Å². The molecule has 108 valence electrons. The van der Waals surface area contributed by atoms with Crippen LogP contribution in [0.4, 0.5) is 0 Å². The van der Waals surface area contributed by atoms with Crippen LogP contribution < -0.4 is 0 Å². The van der Waals surface area contributed by atoms with Crippen molar-refractivity contribution in [1.82, 2.24) is 4.31 Å². The first-order valence-corrected chi connectivity index (χ1v) is 10.5. The second-order valence-electron chi connectivity index (χ2n) is 4.64. The Balaban J connectivity index is 2.31. The molecule has 1 fully saturated rings. The molecule has 1 aliphatic heterocycles. The van der Waals surface area contributed by atoms with Crippen LogP contribution in [0.5, 0.6) is 0 Å². The van der Waals surface area contributed by atoms with Crippen LogP contribution in [0.1, 0.15) is 6.92 Å². The average Bonchev–Trinajstić information content (AvgIpc) is 2.64. The fraction of sp³-hybridized carbons (Fsp3) is 0.600. The summed E-state index contributed by atoms with van der Waals surface area (Å²) in [6.07, 6.45) is 0. The van der Waals surface area contributed by atoms with Gasteiger partial charge in [0.1, 0.15) is 4.21 Å². The van der Waals surface area contributed by atoms with Gasteiger partial charge in [0.05, 0.1) is 15.3 Å². The summed E-state index contributed by atoms with van der Waals surface area (Å²) in [5.74, 6) is -0.248. The van der Waals surface area contributed by atoms with Gasteiger partial charge in [-0.15, -0.1) is 11.3 Å². The third-order valence-corrected chi connectivity index (χ3v) is 8.69. The van der Waals surface area contributed by atoms with E-state index in [1.165, 1.54) is 10.4 Å². The molecule has 2 rings (SSSR count). The van der Waals surface area contributed by atoms with Crippen LogP contribution in [-0.2, 0) is 19.9 Å². The SMILES string of the molecule is CC1CN(S(=O)(=O)c2ccc(Br)s2)CCS(=O)(=O)C1. The number of sulfone groups is 1. The standard InChI is InChI=1S/C10H14BrNO4S3/c1-8-6-12(4-5-18(13,14)7-8)19(15,16)10-3-2-9(11)17-10/h2-3,8H,4-7H2,1H3. The van der Waals surface area contributed by atoms with Gasteiger partial charge in [0.25, 0.3) is 10.0 Å². The van der Waals surface area contributed by atoms with E-state index in [1.807, 2.05) is 0 Å². The summed E-state index contributed by atoms with van der Waals surface area (Å²) >= 11 is 4.37. The van der Waals surface area contributed by atoms with Crippen molar-refractivity contribution in [1.29, 1.82) is 0 Å². The molecule has 0 aliphatic carbocycles. The Kier molecular flexibility index (Phi) is 4.41. The molecule has 2 heterocycles. The molecule has 19 heavy (non-hydrogen) atoms. The molecule has 0 spiro atoms. The summed E-state index contributed by atoms with van der Waals surface area (Å²) in [5, 5.41) is 0. The Labute approximate surface area is 125 Å². The van der Waals surface area contributed by atoms with Gasteiger partial charge in [-0.25, -0.2) is 16.8 Å². The number of sulfonamides is 1. The van der Waals surface area contributed by atoms with Crippen molar-refractivity contribution >= 4 is 47.1 Å². The maximum absolute atomic E-state index is 12.4. The quantitative estimate of drug-likeness (QED) is 0.771. The Hall–Kier alpha value is 0.0400. The highest BCUT2D eigenvalue weighted by molar-refractivity contribution is 9.11. The van der Waals surface area contributed by atoms with Gasteiger partial charge in [-0.2, -0.15) is 4.31 Å². The molecule has 0 radical (unpaired) electrons. The highest BCUT2D eigenvalue weighted by Gasteiger charge is 2.32. The first-order chi connectivity index (χ1) is 8.71. The second kappa shape index (κ2) is 5.44. The summed E-state index contributed by atoms with van der Waals surface area (Å²) in [5.41, 5.74) is 0. The average molecular weight is 388 g/mol. The zero-order chi connectivity index (χ0) is 14.3. The van der Waals surface area contributed by atoms with Gasteiger partial charge < -0.3 is 0 Å². The molecular weight excluding hydrogens is 374 g/mol. The normalized spacial score (nSPS) is 25.1. The summed E-state index contributed by atoms with van der Waals surface area (Å²) in [4.78, 5) is 0. The first-order valence-electron chi connectivity index (χ1n) is 5.66. The first kappa shape index (κ1) is 15.4. The molecule has 1 aliphatic rings. The van der Waals surface area contributed by atoms with E-state index in [0.717, 1.165) is 15.1 Å². The van der Waals surface area contributed by atoms with E-state index < -0.39 is 19.9 Å². The van der Waals surface area contributed by atoms with E-state index in [0.29, 0.717) is 0 Å². The summed E-state index contributed by atoms with van der Waals surface area (Å²) < 4.78 is 50.5. The van der Waals surface area contributed by atoms with Crippen molar-refractivity contribution in [2.75, 3.05) is 24.6 Å². The number of hydrogen-bond acceptors (Lipinski definition) is 5. The maximum Gasteiger partial charge on any atom is 0.252 e. The molecule has 0 amide bonds. The number of halogens is 1. The van der Waals surface area contributed by atoms with Crippen LogP contribution >= 0.6 is 27.3 Å². The lowest BCUT2D eigenvalue weighted by molar-refractivity contribution is 0.393. The Morgan fingerprint density at radius 3 is 2.68 bits per heavy atom. The number of rotatable bonds is 2. The highest BCUT2D eigenvalue weighted by atomic mass is 79.9. The molecule has 9 heteroatoms. The van der Waals surface area contributed by atoms with Gasteiger partial charge in [0.15, 0.2) is 9.84 Å². The van der Waals surface area contributed by atoms with Gasteiger partial charge >= 0.3 is 0 Å². The van der Waals surface area contributed by atoms with Crippen molar-refractivity contribution in [2.24, 2.45) is 5.92 Å². The van der Waals surface area contributed by atoms with Gasteiger partial charge in [0, 0.05) is 13.1 Å². The molecule has 0 N–H and O–H groups in total. The molecule has 0 bridgehead atoms. The summed E-state index contributed by atoms with van der Waals surface area (Å²) in [6, 6.07) is 3.21. The highest BCUT2D eigenvalue weighted by Crippen LogP contribution is 2.29. The molecule has 1 saturated heterocycles. The third-order valence-electron chi connectivity index (χ3n) is 2.85. The van der Waals surface area contributed by atoms with Gasteiger partial charge in [-0.1, -0.05) is 6.92 Å². The van der Waals surface area contributed by atoms with E-state index >= 15 is 0 Å². The molecule has 0 saturated carbocycles. The largest absolute Gasteiger partial charge is 0.252 e. The lowest BCUT2D eigenvalue weighted by atomic mass is 10.2.